The van der Waals surface area contributed by atoms with E-state index < -0.39 is 0 Å². The van der Waals surface area contributed by atoms with Crippen LogP contribution in [0, 0.1) is 0 Å². The maximum atomic E-state index is 6.03. The highest BCUT2D eigenvalue weighted by Crippen LogP contribution is 2.36. The molecule has 0 fully saturated rings. The van der Waals surface area contributed by atoms with E-state index in [-0.39, 0.29) is 0 Å². The SMILES string of the molecule is CCCCSc1c(Cl)cc(N)cc1Cl. The number of hydrogen-bond donors (Lipinski definition) is 1. The molecule has 0 atom stereocenters. The van der Waals surface area contributed by atoms with Gasteiger partial charge in [-0.05, 0) is 24.3 Å². The monoisotopic (exact) mass is 249 g/mol. The first-order valence-electron chi connectivity index (χ1n) is 4.52. The lowest BCUT2D eigenvalue weighted by atomic mass is 10.3. The van der Waals surface area contributed by atoms with E-state index in [2.05, 4.69) is 6.92 Å². The van der Waals surface area contributed by atoms with Crippen LogP contribution in [0.3, 0.4) is 0 Å². The minimum atomic E-state index is 0.611. The lowest BCUT2D eigenvalue weighted by molar-refractivity contribution is 0.896. The van der Waals surface area contributed by atoms with E-state index in [1.807, 2.05) is 0 Å². The van der Waals surface area contributed by atoms with Crippen molar-refractivity contribution in [2.75, 3.05) is 11.5 Å². The number of nitrogen functional groups attached to an aromatic ring is 1. The molecule has 0 aliphatic heterocycles. The maximum Gasteiger partial charge on any atom is 0.0577 e. The first kappa shape index (κ1) is 12.0. The maximum absolute atomic E-state index is 6.03. The number of unbranched alkanes of at least 4 members (excludes halogenated alkanes) is 1. The second-order valence-electron chi connectivity index (χ2n) is 3.02. The Morgan fingerprint density at radius 3 is 2.36 bits per heavy atom. The van der Waals surface area contributed by atoms with E-state index in [0.29, 0.717) is 15.7 Å². The summed E-state index contributed by atoms with van der Waals surface area (Å²) in [7, 11) is 0. The van der Waals surface area contributed by atoms with Crippen molar-refractivity contribution < 1.29 is 0 Å². The summed E-state index contributed by atoms with van der Waals surface area (Å²) in [6, 6.07) is 3.48. The van der Waals surface area contributed by atoms with Gasteiger partial charge in [0.15, 0.2) is 0 Å². The zero-order chi connectivity index (χ0) is 10.6. The highest BCUT2D eigenvalue weighted by atomic mass is 35.5. The molecule has 0 saturated heterocycles. The first-order chi connectivity index (χ1) is 6.65. The molecule has 1 aromatic carbocycles. The van der Waals surface area contributed by atoms with Gasteiger partial charge in [0.1, 0.15) is 0 Å². The molecule has 0 aromatic heterocycles. The molecule has 1 nitrogen and oxygen atoms in total. The fourth-order valence-corrected chi connectivity index (χ4v) is 2.90. The summed E-state index contributed by atoms with van der Waals surface area (Å²) in [5.41, 5.74) is 6.22. The van der Waals surface area contributed by atoms with Crippen LogP contribution in [0.25, 0.3) is 0 Å². The van der Waals surface area contributed by atoms with Gasteiger partial charge in [-0.2, -0.15) is 0 Å². The van der Waals surface area contributed by atoms with Crippen LogP contribution in [0.5, 0.6) is 0 Å². The number of halogens is 2. The van der Waals surface area contributed by atoms with Crippen molar-refractivity contribution in [3.8, 4) is 0 Å². The van der Waals surface area contributed by atoms with Crippen LogP contribution in [0.15, 0.2) is 17.0 Å². The van der Waals surface area contributed by atoms with Gasteiger partial charge in [-0.25, -0.2) is 0 Å². The summed E-state index contributed by atoms with van der Waals surface area (Å²) in [5.74, 6) is 1.04. The Bertz CT molecular complexity index is 292. The average Bonchev–Trinajstić information content (AvgIpc) is 2.09. The molecule has 78 valence electrons. The number of hydrogen-bond acceptors (Lipinski definition) is 2. The van der Waals surface area contributed by atoms with E-state index in [4.69, 9.17) is 28.9 Å². The third kappa shape index (κ3) is 3.26. The van der Waals surface area contributed by atoms with Crippen molar-refractivity contribution in [2.24, 2.45) is 0 Å². The largest absolute Gasteiger partial charge is 0.399 e. The Kier molecular flexibility index (Phi) is 4.93. The molecule has 0 bridgehead atoms. The Morgan fingerprint density at radius 2 is 1.86 bits per heavy atom. The number of anilines is 1. The van der Waals surface area contributed by atoms with Gasteiger partial charge in [0, 0.05) is 10.6 Å². The van der Waals surface area contributed by atoms with Gasteiger partial charge in [-0.3, -0.25) is 0 Å². The van der Waals surface area contributed by atoms with E-state index in [0.717, 1.165) is 10.6 Å². The summed E-state index contributed by atoms with van der Waals surface area (Å²) in [6.07, 6.45) is 2.35. The van der Waals surface area contributed by atoms with Crippen molar-refractivity contribution in [3.05, 3.63) is 22.2 Å². The summed E-state index contributed by atoms with van der Waals surface area (Å²) in [5, 5.41) is 1.30. The van der Waals surface area contributed by atoms with Crippen LogP contribution in [0.4, 0.5) is 5.69 Å². The van der Waals surface area contributed by atoms with Crippen molar-refractivity contribution >= 4 is 40.7 Å². The lowest BCUT2D eigenvalue weighted by Gasteiger charge is -2.07. The summed E-state index contributed by atoms with van der Waals surface area (Å²) in [6.45, 7) is 2.16. The Hall–Kier alpha value is -0.0500. The average molecular weight is 250 g/mol. The smallest absolute Gasteiger partial charge is 0.0577 e. The molecule has 14 heavy (non-hydrogen) atoms. The van der Waals surface area contributed by atoms with Crippen LogP contribution in [0.2, 0.25) is 10.0 Å². The number of benzene rings is 1. The molecule has 0 saturated carbocycles. The third-order valence-corrected chi connectivity index (χ3v) is 3.81. The predicted molar refractivity (Wildman–Crippen MR) is 66.5 cm³/mol. The summed E-state index contributed by atoms with van der Waals surface area (Å²) in [4.78, 5) is 0.941. The van der Waals surface area contributed by atoms with Crippen molar-refractivity contribution in [2.45, 2.75) is 24.7 Å². The van der Waals surface area contributed by atoms with Crippen molar-refractivity contribution in [3.63, 3.8) is 0 Å². The van der Waals surface area contributed by atoms with Crippen LogP contribution >= 0.6 is 35.0 Å². The van der Waals surface area contributed by atoms with E-state index in [1.165, 1.54) is 12.8 Å². The number of nitrogens with two attached hydrogens (primary N) is 1. The van der Waals surface area contributed by atoms with Crippen molar-refractivity contribution in [1.29, 1.82) is 0 Å². The standard InChI is InChI=1S/C10H13Cl2NS/c1-2-3-4-14-10-8(11)5-7(13)6-9(10)12/h5-6H,2-4,13H2,1H3. The first-order valence-corrected chi connectivity index (χ1v) is 6.26. The fourth-order valence-electron chi connectivity index (χ4n) is 1.04. The highest BCUT2D eigenvalue weighted by Gasteiger charge is 2.07. The second-order valence-corrected chi connectivity index (χ2v) is 4.94. The minimum Gasteiger partial charge on any atom is -0.399 e. The Morgan fingerprint density at radius 1 is 1.29 bits per heavy atom. The molecule has 0 spiro atoms. The van der Waals surface area contributed by atoms with Gasteiger partial charge < -0.3 is 5.73 Å². The Balaban J connectivity index is 2.75. The van der Waals surface area contributed by atoms with Crippen LogP contribution in [-0.4, -0.2) is 5.75 Å². The number of thioether (sulfide) groups is 1. The number of rotatable bonds is 4. The van der Waals surface area contributed by atoms with E-state index in [1.54, 1.807) is 23.9 Å². The second kappa shape index (κ2) is 5.74. The van der Waals surface area contributed by atoms with Crippen molar-refractivity contribution in [1.82, 2.24) is 0 Å². The minimum absolute atomic E-state index is 0.611. The van der Waals surface area contributed by atoms with Gasteiger partial charge in [0.05, 0.1) is 10.0 Å². The molecule has 0 radical (unpaired) electrons. The zero-order valence-corrected chi connectivity index (χ0v) is 10.3. The molecule has 0 aliphatic rings. The normalized spacial score (nSPS) is 10.5. The summed E-state index contributed by atoms with van der Waals surface area (Å²) < 4.78 is 0. The molecule has 1 aromatic rings. The molecule has 0 heterocycles. The highest BCUT2D eigenvalue weighted by molar-refractivity contribution is 7.99. The van der Waals surface area contributed by atoms with Gasteiger partial charge in [-0.1, -0.05) is 36.5 Å². The van der Waals surface area contributed by atoms with E-state index >= 15 is 0 Å². The van der Waals surface area contributed by atoms with Crippen LogP contribution < -0.4 is 5.73 Å². The quantitative estimate of drug-likeness (QED) is 0.484. The molecular weight excluding hydrogens is 237 g/mol. The predicted octanol–water partition coefficient (Wildman–Crippen LogP) is 4.47. The zero-order valence-electron chi connectivity index (χ0n) is 8.02. The molecule has 2 N–H and O–H groups in total. The molecule has 0 unspecified atom stereocenters. The molecular formula is C10H13Cl2NS. The molecule has 4 heteroatoms. The fraction of sp³-hybridized carbons (Fsp3) is 0.400. The summed E-state index contributed by atoms with van der Waals surface area (Å²) >= 11 is 13.7. The molecule has 1 rings (SSSR count). The third-order valence-electron chi connectivity index (χ3n) is 1.76. The Labute approximate surface area is 99.0 Å². The topological polar surface area (TPSA) is 26.0 Å². The van der Waals surface area contributed by atoms with Gasteiger partial charge in [0.25, 0.3) is 0 Å². The molecule has 0 amide bonds. The van der Waals surface area contributed by atoms with Gasteiger partial charge in [0.2, 0.25) is 0 Å². The van der Waals surface area contributed by atoms with Gasteiger partial charge >= 0.3 is 0 Å². The molecule has 0 aliphatic carbocycles. The van der Waals surface area contributed by atoms with Gasteiger partial charge in [-0.15, -0.1) is 11.8 Å². The van der Waals surface area contributed by atoms with Crippen LogP contribution in [-0.2, 0) is 0 Å². The van der Waals surface area contributed by atoms with E-state index in [9.17, 15) is 0 Å². The lowest BCUT2D eigenvalue weighted by Crippen LogP contribution is -1.87. The van der Waals surface area contributed by atoms with Crippen LogP contribution in [0.1, 0.15) is 19.8 Å².